The molecule has 2 rings (SSSR count). The Morgan fingerprint density at radius 3 is 2.65 bits per heavy atom. The number of piperidine rings is 1. The predicted octanol–water partition coefficient (Wildman–Crippen LogP) is 2.73. The van der Waals surface area contributed by atoms with Crippen molar-refractivity contribution in [3.63, 3.8) is 0 Å². The number of carbonyl (C=O) groups is 2. The minimum atomic E-state index is -0.0172. The van der Waals surface area contributed by atoms with Gasteiger partial charge in [0.25, 0.3) is 0 Å². The first kappa shape index (κ1) is 17.5. The van der Waals surface area contributed by atoms with Crippen molar-refractivity contribution in [1.29, 1.82) is 0 Å². The second-order valence-corrected chi connectivity index (χ2v) is 6.62. The van der Waals surface area contributed by atoms with Crippen LogP contribution in [0.2, 0.25) is 0 Å². The number of hydrogen-bond donors (Lipinski definition) is 0. The maximum Gasteiger partial charge on any atom is 0.242 e. The standard InChI is InChI=1S/C19H28N2O2/c1-16-8-6-13-21(14-16)19(23)15-20(17(2)22)12-7-11-18-9-4-3-5-10-18/h3-5,9-10,16H,6-8,11-15H2,1-2H3. The minimum Gasteiger partial charge on any atom is -0.341 e. The van der Waals surface area contributed by atoms with Crippen LogP contribution in [0.3, 0.4) is 0 Å². The number of carbonyl (C=O) groups excluding carboxylic acids is 2. The summed E-state index contributed by atoms with van der Waals surface area (Å²) in [6.45, 7) is 6.25. The van der Waals surface area contributed by atoms with Crippen molar-refractivity contribution in [2.24, 2.45) is 5.92 Å². The van der Waals surface area contributed by atoms with E-state index in [1.54, 1.807) is 11.8 Å². The molecule has 1 unspecified atom stereocenters. The molecular weight excluding hydrogens is 288 g/mol. The van der Waals surface area contributed by atoms with Crippen LogP contribution in [0.25, 0.3) is 0 Å². The highest BCUT2D eigenvalue weighted by atomic mass is 16.2. The molecule has 1 aliphatic heterocycles. The minimum absolute atomic E-state index is 0.0172. The topological polar surface area (TPSA) is 40.6 Å². The smallest absolute Gasteiger partial charge is 0.242 e. The van der Waals surface area contributed by atoms with Gasteiger partial charge in [-0.15, -0.1) is 0 Å². The van der Waals surface area contributed by atoms with E-state index in [4.69, 9.17) is 0 Å². The Morgan fingerprint density at radius 2 is 2.00 bits per heavy atom. The molecule has 0 spiro atoms. The van der Waals surface area contributed by atoms with Crippen LogP contribution < -0.4 is 0 Å². The molecule has 0 radical (unpaired) electrons. The number of hydrogen-bond acceptors (Lipinski definition) is 2. The highest BCUT2D eigenvalue weighted by Gasteiger charge is 2.23. The first-order chi connectivity index (χ1) is 11.1. The number of amides is 2. The predicted molar refractivity (Wildman–Crippen MR) is 92.0 cm³/mol. The van der Waals surface area contributed by atoms with Crippen LogP contribution in [0.5, 0.6) is 0 Å². The Morgan fingerprint density at radius 1 is 1.26 bits per heavy atom. The second kappa shape index (κ2) is 8.70. The molecule has 1 aromatic rings. The first-order valence-corrected chi connectivity index (χ1v) is 8.63. The lowest BCUT2D eigenvalue weighted by Gasteiger charge is -2.32. The van der Waals surface area contributed by atoms with Gasteiger partial charge >= 0.3 is 0 Å². The van der Waals surface area contributed by atoms with Crippen LogP contribution >= 0.6 is 0 Å². The molecule has 1 aromatic carbocycles. The summed E-state index contributed by atoms with van der Waals surface area (Å²) in [4.78, 5) is 27.9. The number of aryl methyl sites for hydroxylation is 1. The van der Waals surface area contributed by atoms with Gasteiger partial charge in [0.15, 0.2) is 0 Å². The summed E-state index contributed by atoms with van der Waals surface area (Å²) in [7, 11) is 0. The Hall–Kier alpha value is -1.84. The van der Waals surface area contributed by atoms with Crippen LogP contribution in [-0.2, 0) is 16.0 Å². The third-order valence-electron chi connectivity index (χ3n) is 4.52. The Balaban J connectivity index is 1.81. The second-order valence-electron chi connectivity index (χ2n) is 6.62. The largest absolute Gasteiger partial charge is 0.341 e. The highest BCUT2D eigenvalue weighted by Crippen LogP contribution is 2.15. The SMILES string of the molecule is CC(=O)N(CCCc1ccccc1)CC(=O)N1CCCC(C)C1. The van der Waals surface area contributed by atoms with E-state index in [1.165, 1.54) is 12.0 Å². The van der Waals surface area contributed by atoms with Crippen LogP contribution in [0, 0.1) is 5.92 Å². The van der Waals surface area contributed by atoms with Crippen molar-refractivity contribution in [2.45, 2.75) is 39.5 Å². The monoisotopic (exact) mass is 316 g/mol. The van der Waals surface area contributed by atoms with Crippen molar-refractivity contribution in [3.05, 3.63) is 35.9 Å². The number of rotatable bonds is 6. The molecule has 1 saturated heterocycles. The molecule has 126 valence electrons. The zero-order valence-corrected chi connectivity index (χ0v) is 14.3. The third-order valence-corrected chi connectivity index (χ3v) is 4.52. The molecule has 23 heavy (non-hydrogen) atoms. The molecular formula is C19H28N2O2. The van der Waals surface area contributed by atoms with Gasteiger partial charge in [-0.3, -0.25) is 9.59 Å². The molecule has 1 atom stereocenters. The van der Waals surface area contributed by atoms with Crippen molar-refractivity contribution in [3.8, 4) is 0 Å². The molecule has 1 aliphatic rings. The van der Waals surface area contributed by atoms with E-state index in [2.05, 4.69) is 19.1 Å². The molecule has 0 aromatic heterocycles. The van der Waals surface area contributed by atoms with Crippen LogP contribution in [0.15, 0.2) is 30.3 Å². The average molecular weight is 316 g/mol. The summed E-state index contributed by atoms with van der Waals surface area (Å²) >= 11 is 0. The van der Waals surface area contributed by atoms with Gasteiger partial charge in [0, 0.05) is 26.6 Å². The van der Waals surface area contributed by atoms with E-state index in [-0.39, 0.29) is 18.4 Å². The lowest BCUT2D eigenvalue weighted by Crippen LogP contribution is -2.46. The molecule has 4 nitrogen and oxygen atoms in total. The highest BCUT2D eigenvalue weighted by molar-refractivity contribution is 5.83. The van der Waals surface area contributed by atoms with Gasteiger partial charge in [-0.1, -0.05) is 37.3 Å². The van der Waals surface area contributed by atoms with E-state index in [0.29, 0.717) is 12.5 Å². The lowest BCUT2D eigenvalue weighted by atomic mass is 10.0. The zero-order valence-electron chi connectivity index (χ0n) is 14.3. The van der Waals surface area contributed by atoms with E-state index in [0.717, 1.165) is 32.4 Å². The lowest BCUT2D eigenvalue weighted by molar-refractivity contribution is -0.140. The van der Waals surface area contributed by atoms with Gasteiger partial charge in [-0.05, 0) is 37.2 Å². The summed E-state index contributed by atoms with van der Waals surface area (Å²) < 4.78 is 0. The molecule has 1 heterocycles. The van der Waals surface area contributed by atoms with Gasteiger partial charge < -0.3 is 9.80 Å². The summed E-state index contributed by atoms with van der Waals surface area (Å²) in [5.41, 5.74) is 1.27. The van der Waals surface area contributed by atoms with Gasteiger partial charge in [-0.25, -0.2) is 0 Å². The fraction of sp³-hybridized carbons (Fsp3) is 0.579. The van der Waals surface area contributed by atoms with Gasteiger partial charge in [0.05, 0.1) is 6.54 Å². The summed E-state index contributed by atoms with van der Waals surface area (Å²) in [6.07, 6.45) is 4.07. The molecule has 0 bridgehead atoms. The number of nitrogens with zero attached hydrogens (tertiary/aromatic N) is 2. The van der Waals surface area contributed by atoms with Crippen LogP contribution in [0.1, 0.15) is 38.7 Å². The molecule has 4 heteroatoms. The Bertz CT molecular complexity index is 515. The molecule has 2 amide bonds. The average Bonchev–Trinajstić information content (AvgIpc) is 2.54. The molecule has 1 fully saturated rings. The quantitative estimate of drug-likeness (QED) is 0.809. The van der Waals surface area contributed by atoms with Crippen molar-refractivity contribution in [2.75, 3.05) is 26.2 Å². The zero-order chi connectivity index (χ0) is 16.7. The van der Waals surface area contributed by atoms with Crippen molar-refractivity contribution >= 4 is 11.8 Å². The van der Waals surface area contributed by atoms with Gasteiger partial charge in [0.1, 0.15) is 0 Å². The van der Waals surface area contributed by atoms with E-state index < -0.39 is 0 Å². The summed E-state index contributed by atoms with van der Waals surface area (Å²) in [5.74, 6) is 0.638. The normalized spacial score (nSPS) is 17.8. The maximum absolute atomic E-state index is 12.4. The fourth-order valence-corrected chi connectivity index (χ4v) is 3.15. The van der Waals surface area contributed by atoms with Gasteiger partial charge in [0.2, 0.25) is 11.8 Å². The number of benzene rings is 1. The third kappa shape index (κ3) is 5.70. The van der Waals surface area contributed by atoms with Crippen molar-refractivity contribution < 1.29 is 9.59 Å². The van der Waals surface area contributed by atoms with Gasteiger partial charge in [-0.2, -0.15) is 0 Å². The van der Waals surface area contributed by atoms with Crippen LogP contribution in [-0.4, -0.2) is 47.8 Å². The molecule has 0 N–H and O–H groups in total. The molecule has 0 saturated carbocycles. The summed E-state index contributed by atoms with van der Waals surface area (Å²) in [5, 5.41) is 0. The fourth-order valence-electron chi connectivity index (χ4n) is 3.15. The Labute approximate surface area is 139 Å². The maximum atomic E-state index is 12.4. The Kier molecular flexibility index (Phi) is 6.63. The van der Waals surface area contributed by atoms with E-state index in [1.807, 2.05) is 23.1 Å². The van der Waals surface area contributed by atoms with E-state index >= 15 is 0 Å². The molecule has 0 aliphatic carbocycles. The van der Waals surface area contributed by atoms with Crippen molar-refractivity contribution in [1.82, 2.24) is 9.80 Å². The number of likely N-dealkylation sites (tertiary alicyclic amines) is 1. The first-order valence-electron chi connectivity index (χ1n) is 8.63. The van der Waals surface area contributed by atoms with Crippen LogP contribution in [0.4, 0.5) is 0 Å². The van der Waals surface area contributed by atoms with E-state index in [9.17, 15) is 9.59 Å². The summed E-state index contributed by atoms with van der Waals surface area (Å²) in [6, 6.07) is 10.2.